The summed E-state index contributed by atoms with van der Waals surface area (Å²) in [5.41, 5.74) is 0. The van der Waals surface area contributed by atoms with Crippen molar-refractivity contribution in [2.45, 2.75) is 294 Å². The van der Waals surface area contributed by atoms with Crippen LogP contribution in [0, 0.1) is 0 Å². The van der Waals surface area contributed by atoms with Gasteiger partial charge in [0.15, 0.2) is 12.4 Å². The van der Waals surface area contributed by atoms with Crippen molar-refractivity contribution in [3.63, 3.8) is 0 Å². The van der Waals surface area contributed by atoms with Gasteiger partial charge in [-0.05, 0) is 83.5 Å². The summed E-state index contributed by atoms with van der Waals surface area (Å²) >= 11 is 0. The van der Waals surface area contributed by atoms with Crippen LogP contribution in [0.25, 0.3) is 0 Å². The number of aliphatic hydroxyl groups excluding tert-OH is 5. The summed E-state index contributed by atoms with van der Waals surface area (Å²) < 4.78 is 17.6. The molecule has 1 fully saturated rings. The van der Waals surface area contributed by atoms with Crippen molar-refractivity contribution in [2.75, 3.05) is 13.2 Å². The van der Waals surface area contributed by atoms with E-state index in [-0.39, 0.29) is 19.4 Å². The molecule has 0 radical (unpaired) electrons. The molecule has 1 rings (SSSR count). The Hall–Kier alpha value is -3.42. The number of carbonyl (C=O) groups is 2. The van der Waals surface area contributed by atoms with E-state index in [1.807, 2.05) is 12.2 Å². The highest BCUT2D eigenvalue weighted by Gasteiger charge is 2.47. The zero-order valence-electron chi connectivity index (χ0n) is 48.8. The zero-order chi connectivity index (χ0) is 56.1. The van der Waals surface area contributed by atoms with E-state index >= 15 is 0 Å². The third-order valence-corrected chi connectivity index (χ3v) is 14.0. The molecule has 0 aromatic heterocycles. The van der Waals surface area contributed by atoms with E-state index in [2.05, 4.69) is 99.0 Å². The number of hydrogen-bond donors (Lipinski definition) is 6. The first-order chi connectivity index (χ1) is 37.7. The molecule has 1 saturated heterocycles. The largest absolute Gasteiger partial charge is 0.454 e. The van der Waals surface area contributed by atoms with Gasteiger partial charge in [0.2, 0.25) is 5.91 Å². The van der Waals surface area contributed by atoms with Gasteiger partial charge in [0.05, 0.1) is 25.4 Å². The van der Waals surface area contributed by atoms with Gasteiger partial charge in [-0.25, -0.2) is 0 Å². The first-order valence-electron chi connectivity index (χ1n) is 31.0. The monoisotopic (exact) mass is 1080 g/mol. The van der Waals surface area contributed by atoms with Crippen LogP contribution in [-0.4, -0.2) is 99.6 Å². The molecule has 0 aromatic rings. The molecule has 77 heavy (non-hydrogen) atoms. The second-order valence-electron chi connectivity index (χ2n) is 21.1. The number of carbonyl (C=O) groups excluding carboxylic acids is 2. The van der Waals surface area contributed by atoms with E-state index in [1.165, 1.54) is 103 Å². The first-order valence-corrected chi connectivity index (χ1v) is 31.0. The average molecular weight is 1080 g/mol. The Morgan fingerprint density at radius 1 is 0.519 bits per heavy atom. The van der Waals surface area contributed by atoms with Gasteiger partial charge in [-0.2, -0.15) is 0 Å². The van der Waals surface area contributed by atoms with E-state index in [1.54, 1.807) is 12.2 Å². The van der Waals surface area contributed by atoms with Gasteiger partial charge in [0, 0.05) is 12.8 Å². The smallest absolute Gasteiger partial charge is 0.306 e. The van der Waals surface area contributed by atoms with E-state index in [0.717, 1.165) is 96.3 Å². The summed E-state index contributed by atoms with van der Waals surface area (Å²) in [6.07, 6.45) is 60.5. The van der Waals surface area contributed by atoms with Gasteiger partial charge >= 0.3 is 5.97 Å². The minimum absolute atomic E-state index is 0.0781. The molecule has 11 nitrogen and oxygen atoms in total. The number of rotatable bonds is 51. The topological polar surface area (TPSA) is 175 Å². The number of aliphatic hydroxyl groups is 5. The second-order valence-corrected chi connectivity index (χ2v) is 21.1. The van der Waals surface area contributed by atoms with Gasteiger partial charge in [0.25, 0.3) is 0 Å². The lowest BCUT2D eigenvalue weighted by molar-refractivity contribution is -0.305. The molecule has 8 unspecified atom stereocenters. The van der Waals surface area contributed by atoms with Crippen LogP contribution in [0.1, 0.15) is 245 Å². The Bertz CT molecular complexity index is 1620. The lowest BCUT2D eigenvalue weighted by Crippen LogP contribution is -2.61. The lowest BCUT2D eigenvalue weighted by atomic mass is 9.99. The molecule has 1 aliphatic rings. The standard InChI is InChI=1S/C66H113NO10/c1-4-7-10-13-16-19-22-24-25-26-27-28-29-30-31-32-33-34-35-36-39-42-45-48-51-54-61(71)77-64-63(73)62(72)60(55-68)76-66(64)75-56-57(58(69)52-49-46-43-40-37-21-18-15-12-9-6-3)67-65(74)59(70)53-50-47-44-41-38-23-20-17-14-11-8-5-2/h7,10,16,19,24-25,27-28,30-31,38,41,47,49-50,52,57-60,62-64,66,68-70,72-73H,4-6,8-9,11-15,17-18,20-23,26,29,32-37,39-40,42-46,48,51,53-56H2,1-3H3,(H,67,74)/b10-7-,19-16-,25-24-,28-27-,31-30-,41-38-,50-47+,52-49+. The Morgan fingerprint density at radius 3 is 1.40 bits per heavy atom. The zero-order valence-corrected chi connectivity index (χ0v) is 48.8. The second kappa shape index (κ2) is 53.2. The molecule has 0 saturated carbocycles. The average Bonchev–Trinajstić information content (AvgIpc) is 3.43. The van der Waals surface area contributed by atoms with E-state index in [4.69, 9.17) is 14.2 Å². The normalized spacial score (nSPS) is 19.7. The highest BCUT2D eigenvalue weighted by molar-refractivity contribution is 5.81. The summed E-state index contributed by atoms with van der Waals surface area (Å²) in [7, 11) is 0. The number of allylic oxidation sites excluding steroid dienone is 14. The van der Waals surface area contributed by atoms with Gasteiger partial charge in [-0.15, -0.1) is 0 Å². The highest BCUT2D eigenvalue weighted by Crippen LogP contribution is 2.26. The minimum atomic E-state index is -1.63. The minimum Gasteiger partial charge on any atom is -0.454 e. The fourth-order valence-corrected chi connectivity index (χ4v) is 9.07. The van der Waals surface area contributed by atoms with Crippen molar-refractivity contribution in [1.29, 1.82) is 0 Å². The van der Waals surface area contributed by atoms with Crippen LogP contribution in [0.15, 0.2) is 97.2 Å². The molecule has 0 spiro atoms. The number of esters is 1. The van der Waals surface area contributed by atoms with Crippen LogP contribution >= 0.6 is 0 Å². The first kappa shape index (κ1) is 71.6. The molecular formula is C66H113NO10. The molecule has 442 valence electrons. The number of amides is 1. The third kappa shape index (κ3) is 41.3. The molecule has 0 aromatic carbocycles. The summed E-state index contributed by atoms with van der Waals surface area (Å²) in [4.78, 5) is 26.5. The molecule has 6 N–H and O–H groups in total. The Kier molecular flexibility index (Phi) is 49.5. The molecule has 8 atom stereocenters. The van der Waals surface area contributed by atoms with Crippen molar-refractivity contribution in [1.82, 2.24) is 5.32 Å². The molecule has 0 aliphatic carbocycles. The molecular weight excluding hydrogens is 967 g/mol. The molecule has 1 aliphatic heterocycles. The number of nitrogens with one attached hydrogen (secondary N) is 1. The summed E-state index contributed by atoms with van der Waals surface area (Å²) in [6, 6.07) is -1.06. The van der Waals surface area contributed by atoms with E-state index in [0.29, 0.717) is 12.8 Å². The van der Waals surface area contributed by atoms with Crippen molar-refractivity contribution >= 4 is 11.9 Å². The maximum absolute atomic E-state index is 13.3. The summed E-state index contributed by atoms with van der Waals surface area (Å²) in [6.45, 7) is 5.60. The van der Waals surface area contributed by atoms with Gasteiger partial charge < -0.3 is 45.1 Å². The van der Waals surface area contributed by atoms with Crippen molar-refractivity contribution in [3.8, 4) is 0 Å². The fraction of sp³-hybridized carbons (Fsp3) is 0.727. The van der Waals surface area contributed by atoms with Crippen LogP contribution in [0.2, 0.25) is 0 Å². The van der Waals surface area contributed by atoms with E-state index < -0.39 is 67.4 Å². The highest BCUT2D eigenvalue weighted by atomic mass is 16.7. The molecule has 11 heteroatoms. The maximum atomic E-state index is 13.3. The van der Waals surface area contributed by atoms with Crippen LogP contribution in [-0.2, 0) is 23.8 Å². The van der Waals surface area contributed by atoms with Crippen LogP contribution in [0.4, 0.5) is 0 Å². The Balaban J connectivity index is 2.62. The summed E-state index contributed by atoms with van der Waals surface area (Å²) in [5, 5.41) is 56.7. The number of unbranched alkanes of at least 4 members (excludes halogenated alkanes) is 24. The van der Waals surface area contributed by atoms with Crippen molar-refractivity contribution < 1.29 is 49.3 Å². The van der Waals surface area contributed by atoms with Gasteiger partial charge in [-0.3, -0.25) is 9.59 Å². The van der Waals surface area contributed by atoms with Crippen LogP contribution in [0.5, 0.6) is 0 Å². The Labute approximate surface area is 469 Å². The van der Waals surface area contributed by atoms with Gasteiger partial charge in [-0.1, -0.05) is 246 Å². The molecule has 1 heterocycles. The fourth-order valence-electron chi connectivity index (χ4n) is 9.07. The predicted molar refractivity (Wildman–Crippen MR) is 319 cm³/mol. The van der Waals surface area contributed by atoms with Crippen molar-refractivity contribution in [2.24, 2.45) is 0 Å². The third-order valence-electron chi connectivity index (χ3n) is 14.0. The predicted octanol–water partition coefficient (Wildman–Crippen LogP) is 14.7. The SMILES string of the molecule is CC/C=C\C/C=C\C/C=C\C/C=C\C/C=C\CCCCCCCCCCCC(=O)OC1C(OCC(NC(=O)C(O)C/C=C/C/C=C\CCCCCCCC)C(O)/C=C/CCCCCCCCCCC)OC(CO)C(O)C1O. The lowest BCUT2D eigenvalue weighted by Gasteiger charge is -2.41. The van der Waals surface area contributed by atoms with Gasteiger partial charge in [0.1, 0.15) is 24.4 Å². The van der Waals surface area contributed by atoms with Crippen LogP contribution < -0.4 is 5.32 Å². The van der Waals surface area contributed by atoms with E-state index in [9.17, 15) is 35.1 Å². The van der Waals surface area contributed by atoms with Crippen LogP contribution in [0.3, 0.4) is 0 Å². The maximum Gasteiger partial charge on any atom is 0.306 e. The molecule has 1 amide bonds. The number of ether oxygens (including phenoxy) is 3. The summed E-state index contributed by atoms with van der Waals surface area (Å²) in [5.74, 6) is -1.28. The number of hydrogen-bond acceptors (Lipinski definition) is 10. The quantitative estimate of drug-likeness (QED) is 0.0195. The Morgan fingerprint density at radius 2 is 0.935 bits per heavy atom. The molecule has 0 bridgehead atoms. The van der Waals surface area contributed by atoms with Crippen molar-refractivity contribution in [3.05, 3.63) is 97.2 Å².